The van der Waals surface area contributed by atoms with E-state index in [0.29, 0.717) is 16.6 Å². The predicted molar refractivity (Wildman–Crippen MR) is 93.7 cm³/mol. The van der Waals surface area contributed by atoms with Crippen LogP contribution in [-0.4, -0.2) is 23.2 Å². The first-order valence-corrected chi connectivity index (χ1v) is 8.85. The molecule has 0 aromatic heterocycles. The molecule has 24 heavy (non-hydrogen) atoms. The molecule has 1 aliphatic heterocycles. The minimum absolute atomic E-state index is 0.0651. The summed E-state index contributed by atoms with van der Waals surface area (Å²) in [5, 5.41) is 3.22. The summed E-state index contributed by atoms with van der Waals surface area (Å²) in [6.45, 7) is 0.498. The number of thioether (sulfide) groups is 1. The van der Waals surface area contributed by atoms with Gasteiger partial charge in [-0.25, -0.2) is 13.6 Å². The quantitative estimate of drug-likeness (QED) is 0.730. The van der Waals surface area contributed by atoms with Crippen LogP contribution in [0.25, 0.3) is 0 Å². The first kappa shape index (κ1) is 17.3. The van der Waals surface area contributed by atoms with Gasteiger partial charge in [-0.3, -0.25) is 0 Å². The highest BCUT2D eigenvalue weighted by Crippen LogP contribution is 2.41. The van der Waals surface area contributed by atoms with Crippen LogP contribution in [-0.2, 0) is 0 Å². The molecule has 2 amide bonds. The standard InChI is InChI=1S/C16H12Cl2F2N2OS/c17-9-1-2-13(14(18)5-9)15-22(3-4-24-15)16(23)21-12-7-10(19)6-11(20)8-12/h1-2,5-8,15H,3-4H2,(H,21,23). The molecule has 126 valence electrons. The minimum Gasteiger partial charge on any atom is -0.308 e. The third-order valence-electron chi connectivity index (χ3n) is 3.49. The molecule has 0 radical (unpaired) electrons. The first-order chi connectivity index (χ1) is 11.4. The molecule has 0 spiro atoms. The lowest BCUT2D eigenvalue weighted by molar-refractivity contribution is 0.214. The van der Waals surface area contributed by atoms with Crippen molar-refractivity contribution in [1.29, 1.82) is 0 Å². The lowest BCUT2D eigenvalue weighted by Gasteiger charge is -2.25. The van der Waals surface area contributed by atoms with Crippen molar-refractivity contribution in [3.63, 3.8) is 0 Å². The fraction of sp³-hybridized carbons (Fsp3) is 0.188. The van der Waals surface area contributed by atoms with E-state index < -0.39 is 17.7 Å². The zero-order valence-corrected chi connectivity index (χ0v) is 14.6. The monoisotopic (exact) mass is 388 g/mol. The summed E-state index contributed by atoms with van der Waals surface area (Å²) in [4.78, 5) is 14.1. The van der Waals surface area contributed by atoms with Gasteiger partial charge in [0.2, 0.25) is 0 Å². The number of hydrogen-bond acceptors (Lipinski definition) is 2. The highest BCUT2D eigenvalue weighted by atomic mass is 35.5. The zero-order chi connectivity index (χ0) is 17.3. The normalized spacial score (nSPS) is 17.2. The molecule has 3 nitrogen and oxygen atoms in total. The molecule has 1 saturated heterocycles. The fourth-order valence-electron chi connectivity index (χ4n) is 2.46. The summed E-state index contributed by atoms with van der Waals surface area (Å²) in [5.41, 5.74) is 0.833. The third-order valence-corrected chi connectivity index (χ3v) is 5.30. The Morgan fingerprint density at radius 1 is 1.17 bits per heavy atom. The Kier molecular flexibility index (Phi) is 5.18. The summed E-state index contributed by atoms with van der Waals surface area (Å²) >= 11 is 13.7. The van der Waals surface area contributed by atoms with Gasteiger partial charge in [0.05, 0.1) is 0 Å². The molecule has 1 unspecified atom stereocenters. The second-order valence-electron chi connectivity index (χ2n) is 5.17. The number of carbonyl (C=O) groups excluding carboxylic acids is 1. The van der Waals surface area contributed by atoms with Crippen LogP contribution in [0.4, 0.5) is 19.3 Å². The summed E-state index contributed by atoms with van der Waals surface area (Å²) in [6, 6.07) is 7.53. The molecule has 0 bridgehead atoms. The number of hydrogen-bond donors (Lipinski definition) is 1. The maximum absolute atomic E-state index is 13.2. The van der Waals surface area contributed by atoms with Crippen LogP contribution in [0.15, 0.2) is 36.4 Å². The van der Waals surface area contributed by atoms with Crippen molar-refractivity contribution in [1.82, 2.24) is 4.90 Å². The Balaban J connectivity index is 1.80. The van der Waals surface area contributed by atoms with Crippen molar-refractivity contribution in [2.75, 3.05) is 17.6 Å². The average molecular weight is 389 g/mol. The number of nitrogens with zero attached hydrogens (tertiary/aromatic N) is 1. The summed E-state index contributed by atoms with van der Waals surface area (Å²) in [6.07, 6.45) is 0. The highest BCUT2D eigenvalue weighted by molar-refractivity contribution is 7.99. The second-order valence-corrected chi connectivity index (χ2v) is 7.20. The van der Waals surface area contributed by atoms with E-state index in [1.807, 2.05) is 0 Å². The van der Waals surface area contributed by atoms with Gasteiger partial charge in [0, 0.05) is 39.7 Å². The Hall–Kier alpha value is -1.50. The Morgan fingerprint density at radius 3 is 2.54 bits per heavy atom. The number of amides is 2. The molecule has 1 N–H and O–H groups in total. The van der Waals surface area contributed by atoms with Gasteiger partial charge in [0.25, 0.3) is 0 Å². The Morgan fingerprint density at radius 2 is 1.88 bits per heavy atom. The fourth-order valence-corrected chi connectivity index (χ4v) is 4.33. The van der Waals surface area contributed by atoms with Gasteiger partial charge in [-0.05, 0) is 24.3 Å². The van der Waals surface area contributed by atoms with Crippen molar-refractivity contribution < 1.29 is 13.6 Å². The van der Waals surface area contributed by atoms with Crippen LogP contribution in [0.5, 0.6) is 0 Å². The van der Waals surface area contributed by atoms with Gasteiger partial charge in [-0.1, -0.05) is 29.3 Å². The maximum atomic E-state index is 13.2. The van der Waals surface area contributed by atoms with Gasteiger partial charge in [-0.15, -0.1) is 11.8 Å². The minimum atomic E-state index is -0.751. The van der Waals surface area contributed by atoms with Gasteiger partial charge in [-0.2, -0.15) is 0 Å². The molecule has 2 aromatic rings. The molecule has 8 heteroatoms. The molecule has 2 aromatic carbocycles. The molecule has 0 saturated carbocycles. The van der Waals surface area contributed by atoms with E-state index in [4.69, 9.17) is 23.2 Å². The summed E-state index contributed by atoms with van der Waals surface area (Å²) < 4.78 is 26.5. The zero-order valence-electron chi connectivity index (χ0n) is 12.2. The van der Waals surface area contributed by atoms with Crippen LogP contribution >= 0.6 is 35.0 Å². The van der Waals surface area contributed by atoms with E-state index in [1.54, 1.807) is 34.9 Å². The average Bonchev–Trinajstić information content (AvgIpc) is 2.95. The first-order valence-electron chi connectivity index (χ1n) is 7.04. The number of rotatable bonds is 2. The predicted octanol–water partition coefficient (Wildman–Crippen LogP) is 5.55. The van der Waals surface area contributed by atoms with E-state index >= 15 is 0 Å². The molecule has 1 heterocycles. The molecule has 1 atom stereocenters. The Labute approximate surface area is 151 Å². The van der Waals surface area contributed by atoms with Gasteiger partial charge in [0.1, 0.15) is 17.0 Å². The number of carbonyl (C=O) groups is 1. The second kappa shape index (κ2) is 7.17. The highest BCUT2D eigenvalue weighted by Gasteiger charge is 2.32. The van der Waals surface area contributed by atoms with Crippen LogP contribution < -0.4 is 5.32 Å². The topological polar surface area (TPSA) is 32.3 Å². The van der Waals surface area contributed by atoms with Crippen molar-refractivity contribution >= 4 is 46.7 Å². The molecule has 3 rings (SSSR count). The van der Waals surface area contributed by atoms with Gasteiger partial charge < -0.3 is 10.2 Å². The van der Waals surface area contributed by atoms with E-state index in [1.165, 1.54) is 0 Å². The van der Waals surface area contributed by atoms with Gasteiger partial charge >= 0.3 is 6.03 Å². The molecule has 0 aliphatic carbocycles. The van der Waals surface area contributed by atoms with E-state index in [0.717, 1.165) is 29.5 Å². The number of anilines is 1. The van der Waals surface area contributed by atoms with E-state index in [2.05, 4.69) is 5.32 Å². The van der Waals surface area contributed by atoms with E-state index in [-0.39, 0.29) is 11.1 Å². The summed E-state index contributed by atoms with van der Waals surface area (Å²) in [7, 11) is 0. The lowest BCUT2D eigenvalue weighted by atomic mass is 10.2. The smallest absolute Gasteiger partial charge is 0.308 e. The third kappa shape index (κ3) is 3.77. The number of urea groups is 1. The number of nitrogens with one attached hydrogen (secondary N) is 1. The number of benzene rings is 2. The van der Waals surface area contributed by atoms with Crippen LogP contribution in [0.2, 0.25) is 10.0 Å². The van der Waals surface area contributed by atoms with Crippen LogP contribution in [0.3, 0.4) is 0 Å². The van der Waals surface area contributed by atoms with Crippen molar-refractivity contribution in [2.24, 2.45) is 0 Å². The largest absolute Gasteiger partial charge is 0.323 e. The Bertz CT molecular complexity index is 770. The SMILES string of the molecule is O=C(Nc1cc(F)cc(F)c1)N1CCSC1c1ccc(Cl)cc1Cl. The maximum Gasteiger partial charge on any atom is 0.323 e. The van der Waals surface area contributed by atoms with Gasteiger partial charge in [0.15, 0.2) is 0 Å². The van der Waals surface area contributed by atoms with Crippen molar-refractivity contribution in [3.8, 4) is 0 Å². The molecule has 1 fully saturated rings. The lowest BCUT2D eigenvalue weighted by Crippen LogP contribution is -2.34. The molecule has 1 aliphatic rings. The molecular weight excluding hydrogens is 377 g/mol. The number of halogens is 4. The van der Waals surface area contributed by atoms with Crippen molar-refractivity contribution in [3.05, 3.63) is 63.6 Å². The van der Waals surface area contributed by atoms with Crippen molar-refractivity contribution in [2.45, 2.75) is 5.37 Å². The van der Waals surface area contributed by atoms with E-state index in [9.17, 15) is 13.6 Å². The van der Waals surface area contributed by atoms with Crippen LogP contribution in [0, 0.1) is 11.6 Å². The van der Waals surface area contributed by atoms with Crippen LogP contribution in [0.1, 0.15) is 10.9 Å². The summed E-state index contributed by atoms with van der Waals surface area (Å²) in [5.74, 6) is -0.772. The molecular formula is C16H12Cl2F2N2OS.